The van der Waals surface area contributed by atoms with Crippen LogP contribution in [0.15, 0.2) is 42.5 Å². The molecule has 1 heterocycles. The minimum Gasteiger partial charge on any atom is -0.507 e. The number of morpholine rings is 1. The molecule has 2 aromatic rings. The maximum atomic E-state index is 13.9. The van der Waals surface area contributed by atoms with Gasteiger partial charge in [-0.25, -0.2) is 4.39 Å². The fourth-order valence-electron chi connectivity index (χ4n) is 2.64. The normalized spacial score (nSPS) is 18.0. The molecule has 0 aromatic heterocycles. The Morgan fingerprint density at radius 3 is 2.78 bits per heavy atom. The predicted molar refractivity (Wildman–Crippen MR) is 84.1 cm³/mol. The van der Waals surface area contributed by atoms with Crippen molar-refractivity contribution in [3.8, 4) is 5.75 Å². The van der Waals surface area contributed by atoms with E-state index in [4.69, 9.17) is 16.3 Å². The third-order valence-corrected chi connectivity index (χ3v) is 4.16. The molecule has 0 bridgehead atoms. The topological polar surface area (TPSA) is 49.8 Å². The zero-order valence-electron chi connectivity index (χ0n) is 12.2. The van der Waals surface area contributed by atoms with E-state index in [2.05, 4.69) is 0 Å². The highest BCUT2D eigenvalue weighted by molar-refractivity contribution is 6.31. The van der Waals surface area contributed by atoms with Gasteiger partial charge in [0.1, 0.15) is 23.2 Å². The summed E-state index contributed by atoms with van der Waals surface area (Å²) < 4.78 is 19.6. The zero-order valence-corrected chi connectivity index (χ0v) is 13.0. The van der Waals surface area contributed by atoms with Crippen LogP contribution in [0.3, 0.4) is 0 Å². The maximum Gasteiger partial charge on any atom is 0.260 e. The summed E-state index contributed by atoms with van der Waals surface area (Å²) in [5, 5.41) is 10.3. The minimum atomic E-state index is -0.740. The van der Waals surface area contributed by atoms with Crippen molar-refractivity contribution in [3.63, 3.8) is 0 Å². The summed E-state index contributed by atoms with van der Waals surface area (Å²) in [6.07, 6.45) is -0.379. The number of hydrogen-bond donors (Lipinski definition) is 1. The summed E-state index contributed by atoms with van der Waals surface area (Å²) >= 11 is 6.17. The van der Waals surface area contributed by atoms with E-state index in [-0.39, 0.29) is 24.0 Å². The smallest absolute Gasteiger partial charge is 0.260 e. The van der Waals surface area contributed by atoms with Crippen LogP contribution in [-0.2, 0) is 4.74 Å². The van der Waals surface area contributed by atoms with Crippen LogP contribution in [0.4, 0.5) is 4.39 Å². The van der Waals surface area contributed by atoms with Gasteiger partial charge in [-0.2, -0.15) is 0 Å². The maximum absolute atomic E-state index is 13.9. The number of nitrogens with zero attached hydrogens (tertiary/aromatic N) is 1. The van der Waals surface area contributed by atoms with Gasteiger partial charge >= 0.3 is 0 Å². The van der Waals surface area contributed by atoms with Gasteiger partial charge in [-0.15, -0.1) is 0 Å². The molecule has 23 heavy (non-hydrogen) atoms. The number of phenolic OH excluding ortho intramolecular Hbond substituents is 1. The van der Waals surface area contributed by atoms with Crippen molar-refractivity contribution in [1.82, 2.24) is 4.90 Å². The second-order valence-corrected chi connectivity index (χ2v) is 5.67. The van der Waals surface area contributed by atoms with Crippen LogP contribution in [0, 0.1) is 5.82 Å². The van der Waals surface area contributed by atoms with Gasteiger partial charge in [0.05, 0.1) is 13.2 Å². The zero-order chi connectivity index (χ0) is 16.4. The molecular weight excluding hydrogens is 321 g/mol. The van der Waals surface area contributed by atoms with Gasteiger partial charge in [-0.1, -0.05) is 35.9 Å². The van der Waals surface area contributed by atoms with E-state index in [0.29, 0.717) is 18.2 Å². The van der Waals surface area contributed by atoms with Crippen molar-refractivity contribution in [2.24, 2.45) is 0 Å². The van der Waals surface area contributed by atoms with E-state index >= 15 is 0 Å². The van der Waals surface area contributed by atoms with E-state index in [9.17, 15) is 14.3 Å². The second-order valence-electron chi connectivity index (χ2n) is 5.27. The molecule has 3 rings (SSSR count). The Kier molecular flexibility index (Phi) is 4.50. The number of phenols is 1. The fourth-order valence-corrected chi connectivity index (χ4v) is 2.90. The van der Waals surface area contributed by atoms with Crippen molar-refractivity contribution >= 4 is 17.5 Å². The Morgan fingerprint density at radius 2 is 2.04 bits per heavy atom. The number of hydrogen-bond acceptors (Lipinski definition) is 3. The third-order valence-electron chi connectivity index (χ3n) is 3.81. The van der Waals surface area contributed by atoms with Crippen molar-refractivity contribution in [2.45, 2.75) is 6.10 Å². The van der Waals surface area contributed by atoms with E-state index < -0.39 is 11.7 Å². The number of benzene rings is 2. The predicted octanol–water partition coefficient (Wildman–Crippen LogP) is 3.40. The molecule has 1 aliphatic heterocycles. The molecule has 0 radical (unpaired) electrons. The van der Waals surface area contributed by atoms with Crippen molar-refractivity contribution in [3.05, 3.63) is 64.4 Å². The number of ether oxygens (including phenoxy) is 1. The molecule has 1 N–H and O–H groups in total. The van der Waals surface area contributed by atoms with Gasteiger partial charge in [0.25, 0.3) is 5.91 Å². The molecule has 6 heteroatoms. The highest BCUT2D eigenvalue weighted by Gasteiger charge is 2.29. The molecule has 120 valence electrons. The molecule has 0 spiro atoms. The van der Waals surface area contributed by atoms with Crippen LogP contribution in [0.25, 0.3) is 0 Å². The van der Waals surface area contributed by atoms with Gasteiger partial charge in [0.15, 0.2) is 0 Å². The lowest BCUT2D eigenvalue weighted by atomic mass is 10.1. The minimum absolute atomic E-state index is 0.246. The van der Waals surface area contributed by atoms with Gasteiger partial charge < -0.3 is 14.7 Å². The van der Waals surface area contributed by atoms with Gasteiger partial charge in [0.2, 0.25) is 0 Å². The summed E-state index contributed by atoms with van der Waals surface area (Å²) in [6.45, 7) is 0.890. The van der Waals surface area contributed by atoms with Gasteiger partial charge in [-0.05, 0) is 18.2 Å². The van der Waals surface area contributed by atoms with Crippen molar-refractivity contribution in [1.29, 1.82) is 0 Å². The van der Waals surface area contributed by atoms with Crippen molar-refractivity contribution in [2.75, 3.05) is 19.7 Å². The fraction of sp³-hybridized carbons (Fsp3) is 0.235. The van der Waals surface area contributed by atoms with Crippen LogP contribution in [-0.4, -0.2) is 35.6 Å². The number of rotatable bonds is 2. The van der Waals surface area contributed by atoms with Gasteiger partial charge in [0, 0.05) is 17.1 Å². The first-order valence-corrected chi connectivity index (χ1v) is 7.58. The Bertz CT molecular complexity index is 717. The summed E-state index contributed by atoms with van der Waals surface area (Å²) in [7, 11) is 0. The largest absolute Gasteiger partial charge is 0.507 e. The van der Waals surface area contributed by atoms with E-state index in [1.807, 2.05) is 18.2 Å². The molecule has 0 saturated carbocycles. The SMILES string of the molecule is O=C(c1c(O)cccc1F)N1CCOC(c2ccccc2Cl)C1. The quantitative estimate of drug-likeness (QED) is 0.915. The van der Waals surface area contributed by atoms with Crippen LogP contribution in [0.2, 0.25) is 5.02 Å². The molecule has 1 unspecified atom stereocenters. The summed E-state index contributed by atoms with van der Waals surface area (Å²) in [6, 6.07) is 11.0. The first kappa shape index (κ1) is 15.8. The molecule has 1 fully saturated rings. The average molecular weight is 336 g/mol. The molecule has 1 atom stereocenters. The highest BCUT2D eigenvalue weighted by Crippen LogP contribution is 2.30. The Hall–Kier alpha value is -2.11. The molecule has 1 saturated heterocycles. The number of carbonyl (C=O) groups is 1. The average Bonchev–Trinajstić information content (AvgIpc) is 2.55. The highest BCUT2D eigenvalue weighted by atomic mass is 35.5. The third kappa shape index (κ3) is 3.16. The van der Waals surface area contributed by atoms with E-state index in [1.165, 1.54) is 17.0 Å². The summed E-state index contributed by atoms with van der Waals surface area (Å²) in [4.78, 5) is 14.0. The molecular formula is C17H15ClFNO3. The summed E-state index contributed by atoms with van der Waals surface area (Å²) in [5.41, 5.74) is 0.469. The molecule has 1 amide bonds. The molecule has 4 nitrogen and oxygen atoms in total. The first-order chi connectivity index (χ1) is 11.1. The van der Waals surface area contributed by atoms with Gasteiger partial charge in [-0.3, -0.25) is 4.79 Å². The van der Waals surface area contributed by atoms with Crippen molar-refractivity contribution < 1.29 is 19.0 Å². The Balaban J connectivity index is 1.84. The molecule has 2 aromatic carbocycles. The lowest BCUT2D eigenvalue weighted by molar-refractivity contribution is -0.0230. The van der Waals surface area contributed by atoms with Crippen LogP contribution < -0.4 is 0 Å². The van der Waals surface area contributed by atoms with Crippen LogP contribution in [0.5, 0.6) is 5.75 Å². The Morgan fingerprint density at radius 1 is 1.26 bits per heavy atom. The first-order valence-electron chi connectivity index (χ1n) is 7.20. The van der Waals surface area contributed by atoms with Crippen LogP contribution >= 0.6 is 11.6 Å². The van der Waals surface area contributed by atoms with E-state index in [1.54, 1.807) is 6.07 Å². The molecule has 0 aliphatic carbocycles. The lowest BCUT2D eigenvalue weighted by Crippen LogP contribution is -2.42. The Labute approximate surface area is 138 Å². The second kappa shape index (κ2) is 6.56. The number of halogens is 2. The lowest BCUT2D eigenvalue weighted by Gasteiger charge is -2.33. The standard InChI is InChI=1S/C17H15ClFNO3/c18-12-5-2-1-4-11(12)15-10-20(8-9-23-15)17(22)16-13(19)6-3-7-14(16)21/h1-7,15,21H,8-10H2. The number of amides is 1. The number of aromatic hydroxyl groups is 1. The molecule has 1 aliphatic rings. The number of carbonyl (C=O) groups excluding carboxylic acids is 1. The van der Waals surface area contributed by atoms with E-state index in [0.717, 1.165) is 11.6 Å². The van der Waals surface area contributed by atoms with Crippen LogP contribution in [0.1, 0.15) is 22.0 Å². The monoisotopic (exact) mass is 335 g/mol. The summed E-state index contributed by atoms with van der Waals surface area (Å²) in [5.74, 6) is -1.66.